The number of allylic oxidation sites excluding steroid dienone is 4. The summed E-state index contributed by atoms with van der Waals surface area (Å²) in [6.07, 6.45) is 18.1. The highest BCUT2D eigenvalue weighted by molar-refractivity contribution is 5.70. The molecule has 0 radical (unpaired) electrons. The normalized spacial score (nSPS) is 13.3. The van der Waals surface area contributed by atoms with E-state index in [1.807, 2.05) is 21.1 Å². The van der Waals surface area contributed by atoms with E-state index in [4.69, 9.17) is 4.74 Å². The van der Waals surface area contributed by atoms with Crippen LogP contribution in [0.5, 0.6) is 0 Å². The third kappa shape index (κ3) is 19.2. The van der Waals surface area contributed by atoms with Gasteiger partial charge in [0.15, 0.2) is 6.10 Å². The molecule has 0 saturated carbocycles. The van der Waals surface area contributed by atoms with E-state index in [2.05, 4.69) is 31.2 Å². The zero-order valence-electron chi connectivity index (χ0n) is 18.5. The number of quaternary nitrogens is 1. The molecule has 28 heavy (non-hydrogen) atoms. The third-order valence-corrected chi connectivity index (χ3v) is 4.28. The minimum atomic E-state index is -1.18. The first kappa shape index (κ1) is 26.4. The Kier molecular flexibility index (Phi) is 15.4. The summed E-state index contributed by atoms with van der Waals surface area (Å²) in [5.41, 5.74) is 0. The van der Waals surface area contributed by atoms with Gasteiger partial charge in [-0.15, -0.1) is 0 Å². The molecule has 0 fully saturated rings. The molecule has 0 saturated heterocycles. The smallest absolute Gasteiger partial charge is 0.306 e. The maximum Gasteiger partial charge on any atom is 0.306 e. The predicted molar refractivity (Wildman–Crippen MR) is 113 cm³/mol. The molecule has 0 N–H and O–H groups in total. The lowest BCUT2D eigenvalue weighted by Gasteiger charge is -2.29. The first-order valence-electron chi connectivity index (χ1n) is 10.8. The fourth-order valence-corrected chi connectivity index (χ4v) is 2.94. The van der Waals surface area contributed by atoms with E-state index >= 15 is 0 Å². The average Bonchev–Trinajstić information content (AvgIpc) is 2.56. The van der Waals surface area contributed by atoms with Crippen molar-refractivity contribution in [2.75, 3.05) is 27.7 Å². The van der Waals surface area contributed by atoms with Crippen LogP contribution in [0.25, 0.3) is 0 Å². The van der Waals surface area contributed by atoms with Gasteiger partial charge in [-0.25, -0.2) is 0 Å². The van der Waals surface area contributed by atoms with E-state index in [-0.39, 0.29) is 12.4 Å². The number of hydrogen-bond donors (Lipinski definition) is 0. The Balaban J connectivity index is 3.75. The van der Waals surface area contributed by atoms with Crippen molar-refractivity contribution in [1.29, 1.82) is 0 Å². The number of ether oxygens (including phenoxy) is 1. The Morgan fingerprint density at radius 3 is 2.07 bits per heavy atom. The molecular formula is C23H41NO4. The van der Waals surface area contributed by atoms with Crippen molar-refractivity contribution < 1.29 is 23.9 Å². The Bertz CT molecular complexity index is 477. The van der Waals surface area contributed by atoms with E-state index < -0.39 is 12.1 Å². The summed E-state index contributed by atoms with van der Waals surface area (Å²) in [6.45, 7) is 2.64. The number of unbranched alkanes of at least 4 members (excludes halogenated alkanes) is 7. The van der Waals surface area contributed by atoms with Crippen LogP contribution in [0.3, 0.4) is 0 Å². The number of rotatable bonds is 17. The molecule has 0 aliphatic heterocycles. The molecule has 0 rings (SSSR count). The Morgan fingerprint density at radius 2 is 1.50 bits per heavy atom. The number of carboxylic acid groups (broad SMARTS) is 1. The number of carbonyl (C=O) groups is 2. The number of likely N-dealkylation sites (N-methyl/N-ethyl adjacent to an activating group) is 1. The number of esters is 1. The fraction of sp³-hybridized carbons (Fsp3) is 0.739. The topological polar surface area (TPSA) is 66.4 Å². The van der Waals surface area contributed by atoms with Gasteiger partial charge in [0.2, 0.25) is 0 Å². The number of hydrogen-bond acceptors (Lipinski definition) is 4. The van der Waals surface area contributed by atoms with Crippen molar-refractivity contribution in [2.24, 2.45) is 0 Å². The van der Waals surface area contributed by atoms with Gasteiger partial charge in [0.1, 0.15) is 6.54 Å². The van der Waals surface area contributed by atoms with Crippen LogP contribution in [0.1, 0.15) is 77.6 Å². The summed E-state index contributed by atoms with van der Waals surface area (Å²) >= 11 is 0. The second kappa shape index (κ2) is 16.3. The quantitative estimate of drug-likeness (QED) is 0.163. The molecule has 0 aliphatic rings. The van der Waals surface area contributed by atoms with Gasteiger partial charge in [0, 0.05) is 18.8 Å². The lowest BCUT2D eigenvalue weighted by Crippen LogP contribution is -2.45. The zero-order chi connectivity index (χ0) is 21.3. The van der Waals surface area contributed by atoms with Crippen molar-refractivity contribution in [3.8, 4) is 0 Å². The standard InChI is InChI=1S/C23H41NO4/c1-5-6-7-8-9-10-11-12-13-14-15-16-17-18-23(27)28-21(19-22(25)26)20-24(2,3)4/h7-10,21H,5-6,11-20H2,1-4H3/b8-7+,10-9+. The van der Waals surface area contributed by atoms with Gasteiger partial charge in [-0.05, 0) is 25.7 Å². The molecule has 0 aromatic rings. The van der Waals surface area contributed by atoms with Crippen molar-refractivity contribution in [2.45, 2.75) is 83.7 Å². The van der Waals surface area contributed by atoms with Crippen molar-refractivity contribution >= 4 is 11.9 Å². The van der Waals surface area contributed by atoms with E-state index in [0.29, 0.717) is 17.4 Å². The van der Waals surface area contributed by atoms with Gasteiger partial charge >= 0.3 is 5.97 Å². The van der Waals surface area contributed by atoms with Crippen LogP contribution in [0.15, 0.2) is 24.3 Å². The molecular weight excluding hydrogens is 354 g/mol. The number of nitrogens with zero attached hydrogens (tertiary/aromatic N) is 1. The Hall–Kier alpha value is -1.62. The monoisotopic (exact) mass is 395 g/mol. The maximum atomic E-state index is 12.0. The lowest BCUT2D eigenvalue weighted by atomic mass is 10.1. The molecule has 5 heteroatoms. The van der Waals surface area contributed by atoms with Crippen LogP contribution in [0.2, 0.25) is 0 Å². The second-order valence-electron chi connectivity index (χ2n) is 8.47. The highest BCUT2D eigenvalue weighted by Crippen LogP contribution is 2.11. The molecule has 0 spiro atoms. The first-order chi connectivity index (χ1) is 13.2. The van der Waals surface area contributed by atoms with Crippen LogP contribution in [0, 0.1) is 0 Å². The van der Waals surface area contributed by atoms with Gasteiger partial charge < -0.3 is 19.1 Å². The van der Waals surface area contributed by atoms with Crippen molar-refractivity contribution in [3.05, 3.63) is 24.3 Å². The predicted octanol–water partition coefficient (Wildman–Crippen LogP) is 3.78. The van der Waals surface area contributed by atoms with Gasteiger partial charge in [-0.1, -0.05) is 63.3 Å². The number of aliphatic carboxylic acids is 1. The minimum Gasteiger partial charge on any atom is -0.550 e. The summed E-state index contributed by atoms with van der Waals surface area (Å²) in [6, 6.07) is 0. The zero-order valence-corrected chi connectivity index (χ0v) is 18.5. The molecule has 0 amide bonds. The van der Waals surface area contributed by atoms with Crippen LogP contribution >= 0.6 is 0 Å². The van der Waals surface area contributed by atoms with E-state index in [0.717, 1.165) is 32.1 Å². The number of carbonyl (C=O) groups excluding carboxylic acids is 2. The van der Waals surface area contributed by atoms with E-state index in [1.54, 1.807) is 0 Å². The largest absolute Gasteiger partial charge is 0.550 e. The van der Waals surface area contributed by atoms with Gasteiger partial charge in [-0.3, -0.25) is 4.79 Å². The summed E-state index contributed by atoms with van der Waals surface area (Å²) in [4.78, 5) is 22.8. The molecule has 162 valence electrons. The first-order valence-corrected chi connectivity index (χ1v) is 10.8. The minimum absolute atomic E-state index is 0.246. The van der Waals surface area contributed by atoms with E-state index in [9.17, 15) is 14.7 Å². The van der Waals surface area contributed by atoms with Gasteiger partial charge in [0.25, 0.3) is 0 Å². The Labute approximate surface area is 172 Å². The molecule has 0 heterocycles. The van der Waals surface area contributed by atoms with Crippen molar-refractivity contribution in [3.63, 3.8) is 0 Å². The molecule has 0 bridgehead atoms. The second-order valence-corrected chi connectivity index (χ2v) is 8.47. The van der Waals surface area contributed by atoms with Crippen LogP contribution in [-0.4, -0.2) is 50.2 Å². The van der Waals surface area contributed by atoms with Gasteiger partial charge in [0.05, 0.1) is 21.1 Å². The molecule has 0 aliphatic carbocycles. The summed E-state index contributed by atoms with van der Waals surface area (Å²) in [7, 11) is 5.82. The van der Waals surface area contributed by atoms with Crippen LogP contribution in [-0.2, 0) is 14.3 Å². The van der Waals surface area contributed by atoms with E-state index in [1.165, 1.54) is 25.7 Å². The highest BCUT2D eigenvalue weighted by atomic mass is 16.5. The molecule has 0 aromatic heterocycles. The fourth-order valence-electron chi connectivity index (χ4n) is 2.94. The molecule has 0 aromatic carbocycles. The molecule has 1 unspecified atom stereocenters. The third-order valence-electron chi connectivity index (χ3n) is 4.28. The van der Waals surface area contributed by atoms with Crippen molar-refractivity contribution in [1.82, 2.24) is 0 Å². The molecule has 5 nitrogen and oxygen atoms in total. The summed E-state index contributed by atoms with van der Waals surface area (Å²) in [5.74, 6) is -1.49. The molecule has 1 atom stereocenters. The highest BCUT2D eigenvalue weighted by Gasteiger charge is 2.22. The van der Waals surface area contributed by atoms with Crippen LogP contribution < -0.4 is 5.11 Å². The SMILES string of the molecule is CCC/C=C/C=C/CCCCCCCCC(=O)OC(CC(=O)[O-])C[N+](C)(C)C. The number of carboxylic acids is 1. The lowest BCUT2D eigenvalue weighted by molar-refractivity contribution is -0.873. The van der Waals surface area contributed by atoms with Crippen LogP contribution in [0.4, 0.5) is 0 Å². The summed E-state index contributed by atoms with van der Waals surface area (Å²) < 4.78 is 5.89. The maximum absolute atomic E-state index is 12.0. The van der Waals surface area contributed by atoms with Gasteiger partial charge in [-0.2, -0.15) is 0 Å². The summed E-state index contributed by atoms with van der Waals surface area (Å²) in [5, 5.41) is 10.8. The Morgan fingerprint density at radius 1 is 0.929 bits per heavy atom. The average molecular weight is 396 g/mol.